The molecule has 2 aliphatic heterocycles. The molecule has 1 aromatic carbocycles. The van der Waals surface area contributed by atoms with Crippen LogP contribution >= 0.6 is 0 Å². The Morgan fingerprint density at radius 1 is 1.11 bits per heavy atom. The van der Waals surface area contributed by atoms with Gasteiger partial charge in [0.15, 0.2) is 0 Å². The number of aromatic nitrogens is 3. The molecule has 2 aromatic heterocycles. The minimum absolute atomic E-state index is 0.000284. The van der Waals surface area contributed by atoms with Crippen LogP contribution in [0.2, 0.25) is 0 Å². The summed E-state index contributed by atoms with van der Waals surface area (Å²) in [4.78, 5) is 24.7. The number of amides is 1. The van der Waals surface area contributed by atoms with E-state index in [1.165, 1.54) is 7.11 Å². The van der Waals surface area contributed by atoms with Crippen LogP contribution < -0.4 is 9.47 Å². The summed E-state index contributed by atoms with van der Waals surface area (Å²) in [5.41, 5.74) is 4.65. The van der Waals surface area contributed by atoms with E-state index in [0.29, 0.717) is 35.8 Å². The summed E-state index contributed by atoms with van der Waals surface area (Å²) in [6, 6.07) is 11.7. The van der Waals surface area contributed by atoms with Gasteiger partial charge in [-0.2, -0.15) is 10.2 Å². The van der Waals surface area contributed by atoms with E-state index in [-0.39, 0.29) is 30.0 Å². The van der Waals surface area contributed by atoms with Crippen LogP contribution in [0.15, 0.2) is 36.5 Å². The first-order chi connectivity index (χ1) is 17.5. The number of hydrogen-bond donors (Lipinski definition) is 0. The lowest BCUT2D eigenvalue weighted by Crippen LogP contribution is -2.42. The van der Waals surface area contributed by atoms with Gasteiger partial charge in [-0.3, -0.25) is 4.79 Å². The van der Waals surface area contributed by atoms with Crippen molar-refractivity contribution < 1.29 is 19.0 Å². The van der Waals surface area contributed by atoms with Crippen LogP contribution in [0.3, 0.4) is 0 Å². The third kappa shape index (κ3) is 3.88. The zero-order chi connectivity index (χ0) is 25.4. The van der Waals surface area contributed by atoms with E-state index in [1.807, 2.05) is 35.2 Å². The van der Waals surface area contributed by atoms with Gasteiger partial charge in [-0.1, -0.05) is 12.1 Å². The third-order valence-corrected chi connectivity index (χ3v) is 6.92. The van der Waals surface area contributed by atoms with Crippen molar-refractivity contribution in [2.45, 2.75) is 44.8 Å². The molecule has 1 unspecified atom stereocenters. The molecule has 3 aromatic rings. The van der Waals surface area contributed by atoms with E-state index in [9.17, 15) is 10.1 Å². The number of fused-ring (bicyclic) bond motifs is 1. The van der Waals surface area contributed by atoms with Gasteiger partial charge in [0.1, 0.15) is 0 Å². The Kier molecular flexibility index (Phi) is 6.37. The maximum Gasteiger partial charge on any atom is 0.319 e. The molecular weight excluding hydrogens is 458 g/mol. The van der Waals surface area contributed by atoms with Crippen LogP contribution in [0.25, 0.3) is 11.3 Å². The maximum atomic E-state index is 14.0. The van der Waals surface area contributed by atoms with Gasteiger partial charge in [0.25, 0.3) is 5.91 Å². The number of hydrogen-bond acceptors (Lipinski definition) is 7. The van der Waals surface area contributed by atoms with Crippen molar-refractivity contribution in [3.63, 3.8) is 0 Å². The number of rotatable bonds is 6. The monoisotopic (exact) mass is 487 g/mol. The van der Waals surface area contributed by atoms with Crippen LogP contribution in [0, 0.1) is 11.3 Å². The second-order valence-corrected chi connectivity index (χ2v) is 9.26. The van der Waals surface area contributed by atoms with Crippen molar-refractivity contribution in [3.05, 3.63) is 58.9 Å². The molecule has 0 bridgehead atoms. The summed E-state index contributed by atoms with van der Waals surface area (Å²) in [6.07, 6.45) is 3.25. The van der Waals surface area contributed by atoms with Gasteiger partial charge in [0.2, 0.25) is 5.88 Å². The highest BCUT2D eigenvalue weighted by Gasteiger charge is 2.45. The molecule has 0 aliphatic carbocycles. The first-order valence-corrected chi connectivity index (χ1v) is 12.1. The molecule has 9 heteroatoms. The van der Waals surface area contributed by atoms with Crippen LogP contribution in [0.4, 0.5) is 0 Å². The predicted octanol–water partition coefficient (Wildman–Crippen LogP) is 4.14. The number of methoxy groups -OCH3 is 2. The summed E-state index contributed by atoms with van der Waals surface area (Å²) in [7, 11) is 3.06. The summed E-state index contributed by atoms with van der Waals surface area (Å²) in [6.45, 7) is 5.46. The largest absolute Gasteiger partial charge is 0.480 e. The fourth-order valence-corrected chi connectivity index (χ4v) is 5.32. The van der Waals surface area contributed by atoms with E-state index in [1.54, 1.807) is 13.3 Å². The Bertz CT molecular complexity index is 1320. The highest BCUT2D eigenvalue weighted by Crippen LogP contribution is 2.47. The number of benzene rings is 1. The van der Waals surface area contributed by atoms with Gasteiger partial charge < -0.3 is 23.7 Å². The fourth-order valence-electron chi connectivity index (χ4n) is 5.32. The summed E-state index contributed by atoms with van der Waals surface area (Å²) in [5, 5.41) is 9.32. The van der Waals surface area contributed by atoms with Crippen LogP contribution in [-0.4, -0.2) is 58.8 Å². The Morgan fingerprint density at radius 3 is 2.44 bits per heavy atom. The molecule has 1 saturated heterocycles. The minimum atomic E-state index is -0.287. The molecular formula is C27H29N5O4. The standard InChI is InChI=1S/C27H29N5O4/c1-16(2)31-22(21-15-29-27(35-4)30-25(21)34-3)13-20-24(31)23(18-7-5-17(14-28)6-8-18)32(26(20)33)19-9-11-36-12-10-19/h5-8,13,15-16,19,23H,9-12H2,1-4H3. The average Bonchev–Trinajstić information content (AvgIpc) is 3.43. The lowest BCUT2D eigenvalue weighted by atomic mass is 9.98. The van der Waals surface area contributed by atoms with E-state index in [4.69, 9.17) is 14.2 Å². The lowest BCUT2D eigenvalue weighted by Gasteiger charge is -2.37. The number of carbonyl (C=O) groups excluding carboxylic acids is 1. The SMILES string of the molecule is COc1ncc(-c2cc3c(n2C(C)C)C(c2ccc(C#N)cc2)N(C2CCOCC2)C3=O)c(OC)n1. The minimum Gasteiger partial charge on any atom is -0.480 e. The molecule has 0 N–H and O–H groups in total. The average molecular weight is 488 g/mol. The first kappa shape index (κ1) is 23.8. The van der Waals surface area contributed by atoms with E-state index in [2.05, 4.69) is 34.5 Å². The number of carbonyl (C=O) groups is 1. The van der Waals surface area contributed by atoms with E-state index >= 15 is 0 Å². The summed E-state index contributed by atoms with van der Waals surface area (Å²) < 4.78 is 18.5. The van der Waals surface area contributed by atoms with Gasteiger partial charge in [-0.25, -0.2) is 4.98 Å². The molecule has 1 atom stereocenters. The Balaban J connectivity index is 1.71. The summed E-state index contributed by atoms with van der Waals surface area (Å²) >= 11 is 0. The van der Waals surface area contributed by atoms with E-state index < -0.39 is 0 Å². The molecule has 1 fully saturated rings. The second-order valence-electron chi connectivity index (χ2n) is 9.26. The van der Waals surface area contributed by atoms with Gasteiger partial charge >= 0.3 is 6.01 Å². The normalized spacial score (nSPS) is 17.8. The van der Waals surface area contributed by atoms with Crippen molar-refractivity contribution in [2.75, 3.05) is 27.4 Å². The predicted molar refractivity (Wildman–Crippen MR) is 132 cm³/mol. The number of ether oxygens (including phenoxy) is 3. The molecule has 1 amide bonds. The zero-order valence-electron chi connectivity index (χ0n) is 20.9. The maximum absolute atomic E-state index is 14.0. The van der Waals surface area contributed by atoms with Crippen molar-refractivity contribution >= 4 is 5.91 Å². The smallest absolute Gasteiger partial charge is 0.319 e. The molecule has 0 radical (unpaired) electrons. The van der Waals surface area contributed by atoms with Crippen molar-refractivity contribution in [1.29, 1.82) is 5.26 Å². The molecule has 36 heavy (non-hydrogen) atoms. The van der Waals surface area contributed by atoms with Crippen molar-refractivity contribution in [3.8, 4) is 29.2 Å². The van der Waals surface area contributed by atoms with Crippen molar-refractivity contribution in [1.82, 2.24) is 19.4 Å². The van der Waals surface area contributed by atoms with Gasteiger partial charge in [-0.15, -0.1) is 0 Å². The number of nitrogens with zero attached hydrogens (tertiary/aromatic N) is 5. The lowest BCUT2D eigenvalue weighted by molar-refractivity contribution is 0.0242. The quantitative estimate of drug-likeness (QED) is 0.515. The molecule has 4 heterocycles. The van der Waals surface area contributed by atoms with Gasteiger partial charge in [-0.05, 0) is 50.5 Å². The van der Waals surface area contributed by atoms with Gasteiger partial charge in [0.05, 0.1) is 54.4 Å². The molecule has 186 valence electrons. The molecule has 0 spiro atoms. The Morgan fingerprint density at radius 2 is 1.83 bits per heavy atom. The zero-order valence-corrected chi connectivity index (χ0v) is 20.9. The van der Waals surface area contributed by atoms with Crippen LogP contribution in [0.1, 0.15) is 66.0 Å². The molecule has 2 aliphatic rings. The first-order valence-electron chi connectivity index (χ1n) is 12.1. The molecule has 0 saturated carbocycles. The Hall–Kier alpha value is -3.90. The Labute approximate surface area is 210 Å². The molecule has 5 rings (SSSR count). The van der Waals surface area contributed by atoms with E-state index in [0.717, 1.165) is 29.8 Å². The highest BCUT2D eigenvalue weighted by atomic mass is 16.5. The van der Waals surface area contributed by atoms with Gasteiger partial charge in [0, 0.05) is 31.5 Å². The van der Waals surface area contributed by atoms with Crippen LogP contribution in [0.5, 0.6) is 11.9 Å². The third-order valence-electron chi connectivity index (χ3n) is 6.92. The topological polar surface area (TPSA) is 102 Å². The fraction of sp³-hybridized carbons (Fsp3) is 0.407. The number of nitriles is 1. The summed E-state index contributed by atoms with van der Waals surface area (Å²) in [5.74, 6) is 0.379. The highest BCUT2D eigenvalue weighted by molar-refractivity contribution is 6.01. The van der Waals surface area contributed by atoms with Crippen molar-refractivity contribution in [2.24, 2.45) is 0 Å². The van der Waals surface area contributed by atoms with Crippen LogP contribution in [-0.2, 0) is 4.74 Å². The second kappa shape index (κ2) is 9.63. The molecule has 9 nitrogen and oxygen atoms in total.